The molecule has 1 aliphatic carbocycles. The summed E-state index contributed by atoms with van der Waals surface area (Å²) in [6, 6.07) is 24.4. The minimum Gasteiger partial charge on any atom is -0.496 e. The SMILES string of the molecule is COc1ccccc1CC1(O)CCN(C(=O)OCC2c3ccccc3-c3ccccc32)CC1. The van der Waals surface area contributed by atoms with E-state index in [0.717, 1.165) is 11.3 Å². The molecule has 0 saturated carbocycles. The number of hydrogen-bond acceptors (Lipinski definition) is 4. The maximum Gasteiger partial charge on any atom is 0.409 e. The molecule has 1 aliphatic heterocycles. The monoisotopic (exact) mass is 443 g/mol. The zero-order chi connectivity index (χ0) is 22.8. The second-order valence-electron chi connectivity index (χ2n) is 9.00. The van der Waals surface area contributed by atoms with E-state index in [1.54, 1.807) is 12.0 Å². The summed E-state index contributed by atoms with van der Waals surface area (Å²) >= 11 is 0. The molecule has 0 aromatic heterocycles. The number of aliphatic hydroxyl groups is 1. The third-order valence-electron chi connectivity index (χ3n) is 7.00. The summed E-state index contributed by atoms with van der Waals surface area (Å²) in [5.74, 6) is 0.832. The summed E-state index contributed by atoms with van der Waals surface area (Å²) < 4.78 is 11.2. The smallest absolute Gasteiger partial charge is 0.409 e. The number of para-hydroxylation sites is 1. The van der Waals surface area contributed by atoms with Gasteiger partial charge in [-0.2, -0.15) is 0 Å². The van der Waals surface area contributed by atoms with Gasteiger partial charge < -0.3 is 19.5 Å². The maximum absolute atomic E-state index is 12.9. The van der Waals surface area contributed by atoms with Crippen LogP contribution >= 0.6 is 0 Å². The quantitative estimate of drug-likeness (QED) is 0.602. The van der Waals surface area contributed by atoms with Crippen molar-refractivity contribution in [2.24, 2.45) is 0 Å². The Hall–Kier alpha value is -3.31. The molecule has 3 aromatic carbocycles. The number of benzene rings is 3. The first-order chi connectivity index (χ1) is 16.1. The maximum atomic E-state index is 12.9. The second-order valence-corrected chi connectivity index (χ2v) is 9.00. The molecule has 0 atom stereocenters. The van der Waals surface area contributed by atoms with Crippen LogP contribution in [0.1, 0.15) is 35.4 Å². The van der Waals surface area contributed by atoms with Gasteiger partial charge >= 0.3 is 6.09 Å². The Morgan fingerprint density at radius 3 is 2.15 bits per heavy atom. The molecule has 5 heteroatoms. The molecule has 1 saturated heterocycles. The summed E-state index contributed by atoms with van der Waals surface area (Å²) in [5, 5.41) is 11.1. The highest BCUT2D eigenvalue weighted by molar-refractivity contribution is 5.79. The van der Waals surface area contributed by atoms with Gasteiger partial charge in [-0.05, 0) is 46.7 Å². The molecule has 0 bridgehead atoms. The predicted octanol–water partition coefficient (Wildman–Crippen LogP) is 5.01. The Kier molecular flexibility index (Phi) is 5.81. The highest BCUT2D eigenvalue weighted by atomic mass is 16.6. The minimum absolute atomic E-state index is 0.0496. The van der Waals surface area contributed by atoms with Crippen LogP contribution in [0.25, 0.3) is 11.1 Å². The van der Waals surface area contributed by atoms with E-state index in [4.69, 9.17) is 9.47 Å². The van der Waals surface area contributed by atoms with Crippen LogP contribution in [-0.4, -0.2) is 48.5 Å². The molecular weight excluding hydrogens is 414 g/mol. The summed E-state index contributed by atoms with van der Waals surface area (Å²) in [6.45, 7) is 1.26. The summed E-state index contributed by atoms with van der Waals surface area (Å²) in [6.07, 6.45) is 1.22. The topological polar surface area (TPSA) is 59.0 Å². The lowest BCUT2D eigenvalue weighted by Crippen LogP contribution is -2.48. The average molecular weight is 444 g/mol. The van der Waals surface area contributed by atoms with Crippen molar-refractivity contribution in [2.45, 2.75) is 30.8 Å². The molecule has 2 aliphatic rings. The predicted molar refractivity (Wildman–Crippen MR) is 128 cm³/mol. The third-order valence-corrected chi connectivity index (χ3v) is 7.00. The standard InChI is InChI=1S/C28H29NO4/c1-32-26-13-7-2-8-20(26)18-28(31)14-16-29(17-15-28)27(30)33-19-25-23-11-5-3-9-21(23)22-10-4-6-12-24(22)25/h2-13,25,31H,14-19H2,1H3. The Morgan fingerprint density at radius 1 is 0.939 bits per heavy atom. The van der Waals surface area contributed by atoms with Gasteiger partial charge in [0.2, 0.25) is 0 Å². The van der Waals surface area contributed by atoms with Gasteiger partial charge in [0.15, 0.2) is 0 Å². The average Bonchev–Trinajstić information content (AvgIpc) is 3.17. The van der Waals surface area contributed by atoms with E-state index in [1.807, 2.05) is 48.5 Å². The highest BCUT2D eigenvalue weighted by Gasteiger charge is 2.36. The summed E-state index contributed by atoms with van der Waals surface area (Å²) in [4.78, 5) is 14.6. The van der Waals surface area contributed by atoms with Crippen molar-refractivity contribution in [3.8, 4) is 16.9 Å². The summed E-state index contributed by atoms with van der Waals surface area (Å²) in [7, 11) is 1.64. The van der Waals surface area contributed by atoms with E-state index in [-0.39, 0.29) is 12.0 Å². The fourth-order valence-corrected chi connectivity index (χ4v) is 5.17. The van der Waals surface area contributed by atoms with Gasteiger partial charge in [-0.25, -0.2) is 4.79 Å². The van der Waals surface area contributed by atoms with Crippen LogP contribution in [-0.2, 0) is 11.2 Å². The number of ether oxygens (including phenoxy) is 2. The van der Waals surface area contributed by atoms with Crippen LogP contribution in [0.15, 0.2) is 72.8 Å². The molecule has 3 aromatic rings. The van der Waals surface area contributed by atoms with Gasteiger partial charge in [-0.3, -0.25) is 0 Å². The first-order valence-corrected chi connectivity index (χ1v) is 11.5. The van der Waals surface area contributed by atoms with Crippen molar-refractivity contribution < 1.29 is 19.4 Å². The van der Waals surface area contributed by atoms with Crippen molar-refractivity contribution in [3.63, 3.8) is 0 Å². The number of piperidine rings is 1. The van der Waals surface area contributed by atoms with Gasteiger partial charge in [0.05, 0.1) is 12.7 Å². The molecule has 1 amide bonds. The number of carbonyl (C=O) groups excluding carboxylic acids is 1. The van der Waals surface area contributed by atoms with Crippen LogP contribution in [0.3, 0.4) is 0 Å². The van der Waals surface area contributed by atoms with Crippen LogP contribution < -0.4 is 4.74 Å². The lowest BCUT2D eigenvalue weighted by molar-refractivity contribution is -0.0204. The molecule has 0 spiro atoms. The Bertz CT molecular complexity index is 1100. The van der Waals surface area contributed by atoms with Crippen molar-refractivity contribution in [3.05, 3.63) is 89.5 Å². The van der Waals surface area contributed by atoms with E-state index in [2.05, 4.69) is 24.3 Å². The number of likely N-dealkylation sites (tertiary alicyclic amines) is 1. The molecule has 5 nitrogen and oxygen atoms in total. The number of rotatable bonds is 5. The molecule has 0 radical (unpaired) electrons. The van der Waals surface area contributed by atoms with Crippen LogP contribution in [0.4, 0.5) is 4.79 Å². The number of fused-ring (bicyclic) bond motifs is 3. The fourth-order valence-electron chi connectivity index (χ4n) is 5.17. The van der Waals surface area contributed by atoms with Crippen LogP contribution in [0.2, 0.25) is 0 Å². The fraction of sp³-hybridized carbons (Fsp3) is 0.321. The summed E-state index contributed by atoms with van der Waals surface area (Å²) in [5.41, 5.74) is 4.97. The van der Waals surface area contributed by atoms with Gasteiger partial charge in [-0.15, -0.1) is 0 Å². The van der Waals surface area contributed by atoms with Gasteiger partial charge in [0, 0.05) is 25.4 Å². The number of methoxy groups -OCH3 is 1. The van der Waals surface area contributed by atoms with Crippen molar-refractivity contribution in [2.75, 3.05) is 26.8 Å². The van der Waals surface area contributed by atoms with Crippen molar-refractivity contribution >= 4 is 6.09 Å². The van der Waals surface area contributed by atoms with E-state index >= 15 is 0 Å². The number of nitrogens with zero attached hydrogens (tertiary/aromatic N) is 1. The molecule has 1 N–H and O–H groups in total. The largest absolute Gasteiger partial charge is 0.496 e. The number of carbonyl (C=O) groups is 1. The van der Waals surface area contributed by atoms with Gasteiger partial charge in [0.1, 0.15) is 12.4 Å². The molecule has 5 rings (SSSR count). The second kappa shape index (κ2) is 8.91. The van der Waals surface area contributed by atoms with Gasteiger partial charge in [-0.1, -0.05) is 66.7 Å². The lowest BCUT2D eigenvalue weighted by Gasteiger charge is -2.38. The Morgan fingerprint density at radius 2 is 1.52 bits per heavy atom. The lowest BCUT2D eigenvalue weighted by atomic mass is 9.85. The highest BCUT2D eigenvalue weighted by Crippen LogP contribution is 2.44. The Balaban J connectivity index is 1.20. The van der Waals surface area contributed by atoms with Crippen molar-refractivity contribution in [1.82, 2.24) is 4.90 Å². The van der Waals surface area contributed by atoms with E-state index < -0.39 is 5.60 Å². The number of amides is 1. The zero-order valence-electron chi connectivity index (χ0n) is 18.9. The molecule has 1 fully saturated rings. The Labute approximate surface area is 194 Å². The zero-order valence-corrected chi connectivity index (χ0v) is 18.9. The molecule has 170 valence electrons. The first-order valence-electron chi connectivity index (χ1n) is 11.5. The number of hydrogen-bond donors (Lipinski definition) is 1. The van der Waals surface area contributed by atoms with Gasteiger partial charge in [0.25, 0.3) is 0 Å². The van der Waals surface area contributed by atoms with Crippen LogP contribution in [0, 0.1) is 0 Å². The first kappa shape index (κ1) is 21.5. The minimum atomic E-state index is -0.852. The normalized spacial score (nSPS) is 16.7. The molecule has 33 heavy (non-hydrogen) atoms. The van der Waals surface area contributed by atoms with Crippen LogP contribution in [0.5, 0.6) is 5.75 Å². The third kappa shape index (κ3) is 4.21. The van der Waals surface area contributed by atoms with E-state index in [9.17, 15) is 9.90 Å². The van der Waals surface area contributed by atoms with Crippen molar-refractivity contribution in [1.29, 1.82) is 0 Å². The molecule has 1 heterocycles. The molecular formula is C28H29NO4. The van der Waals surface area contributed by atoms with E-state index in [0.29, 0.717) is 39.0 Å². The van der Waals surface area contributed by atoms with E-state index in [1.165, 1.54) is 22.3 Å². The molecule has 0 unspecified atom stereocenters.